The van der Waals surface area contributed by atoms with Crippen LogP contribution in [0.15, 0.2) is 23.1 Å². The van der Waals surface area contributed by atoms with Gasteiger partial charge in [-0.3, -0.25) is 10.1 Å². The molecule has 0 amide bonds. The number of nitrogens with zero attached hydrogens (tertiary/aromatic N) is 2. The molecule has 1 rings (SSSR count). The second kappa shape index (κ2) is 5.35. The summed E-state index contributed by atoms with van der Waals surface area (Å²) in [5.74, 6) is 2.19. The van der Waals surface area contributed by atoms with Gasteiger partial charge >= 0.3 is 0 Å². The number of non-ortho nitro benzene ring substituents is 1. The summed E-state index contributed by atoms with van der Waals surface area (Å²) < 4.78 is 24.9. The summed E-state index contributed by atoms with van der Waals surface area (Å²) in [6.45, 7) is -0.115. The minimum absolute atomic E-state index is 0.115. The standard InChI is InChI=1S/C10H9ClN2O4S/c1-3-6-12(2)18(16,17)10-5-4-8(13(14)15)7-9(10)11/h1,4-5,7H,6H2,2H3. The maximum Gasteiger partial charge on any atom is 0.271 e. The molecule has 0 aromatic heterocycles. The number of sulfonamides is 1. The highest BCUT2D eigenvalue weighted by molar-refractivity contribution is 7.89. The smallest absolute Gasteiger partial charge is 0.258 e. The summed E-state index contributed by atoms with van der Waals surface area (Å²) in [6, 6.07) is 3.14. The first-order chi connectivity index (χ1) is 8.30. The molecule has 1 aromatic carbocycles. The van der Waals surface area contributed by atoms with E-state index in [2.05, 4.69) is 5.92 Å². The summed E-state index contributed by atoms with van der Waals surface area (Å²) in [7, 11) is -2.54. The van der Waals surface area contributed by atoms with E-state index in [0.717, 1.165) is 22.5 Å². The molecule has 0 saturated heterocycles. The fraction of sp³-hybridized carbons (Fsp3) is 0.200. The predicted molar refractivity (Wildman–Crippen MR) is 66.8 cm³/mol. The Morgan fingerprint density at radius 2 is 2.17 bits per heavy atom. The minimum atomic E-state index is -3.84. The van der Waals surface area contributed by atoms with Crippen LogP contribution in [0.1, 0.15) is 0 Å². The Morgan fingerprint density at radius 3 is 2.61 bits per heavy atom. The van der Waals surface area contributed by atoms with Crippen LogP contribution in [0.4, 0.5) is 5.69 Å². The average Bonchev–Trinajstić information content (AvgIpc) is 2.28. The lowest BCUT2D eigenvalue weighted by molar-refractivity contribution is -0.384. The lowest BCUT2D eigenvalue weighted by atomic mass is 10.3. The Labute approximate surface area is 109 Å². The van der Waals surface area contributed by atoms with Crippen LogP contribution < -0.4 is 0 Å². The topological polar surface area (TPSA) is 80.5 Å². The Morgan fingerprint density at radius 1 is 1.56 bits per heavy atom. The highest BCUT2D eigenvalue weighted by atomic mass is 35.5. The number of hydrogen-bond donors (Lipinski definition) is 0. The molecule has 0 fully saturated rings. The maximum atomic E-state index is 12.0. The van der Waals surface area contributed by atoms with Crippen molar-refractivity contribution in [1.29, 1.82) is 0 Å². The zero-order chi connectivity index (χ0) is 13.9. The third-order valence-corrected chi connectivity index (χ3v) is 4.41. The number of benzene rings is 1. The van der Waals surface area contributed by atoms with E-state index < -0.39 is 14.9 Å². The lowest BCUT2D eigenvalue weighted by Gasteiger charge is -2.14. The fourth-order valence-electron chi connectivity index (χ4n) is 1.19. The molecular weight excluding hydrogens is 280 g/mol. The summed E-state index contributed by atoms with van der Waals surface area (Å²) in [4.78, 5) is 9.64. The summed E-state index contributed by atoms with van der Waals surface area (Å²) in [6.07, 6.45) is 5.03. The molecule has 96 valence electrons. The van der Waals surface area contributed by atoms with Crippen molar-refractivity contribution in [3.8, 4) is 12.3 Å². The number of rotatable bonds is 4. The first kappa shape index (κ1) is 14.4. The van der Waals surface area contributed by atoms with E-state index in [1.165, 1.54) is 7.05 Å². The Bertz CT molecular complexity index is 621. The molecule has 0 unspecified atom stereocenters. The van der Waals surface area contributed by atoms with E-state index in [4.69, 9.17) is 18.0 Å². The first-order valence-corrected chi connectivity index (χ1v) is 6.46. The van der Waals surface area contributed by atoms with Gasteiger partial charge in [0, 0.05) is 19.2 Å². The van der Waals surface area contributed by atoms with E-state index in [-0.39, 0.29) is 22.2 Å². The van der Waals surface area contributed by atoms with Crippen molar-refractivity contribution in [1.82, 2.24) is 4.31 Å². The molecule has 8 heteroatoms. The van der Waals surface area contributed by atoms with Gasteiger partial charge in [-0.2, -0.15) is 4.31 Å². The molecule has 1 aromatic rings. The zero-order valence-corrected chi connectivity index (χ0v) is 10.9. The van der Waals surface area contributed by atoms with Gasteiger partial charge in [-0.25, -0.2) is 8.42 Å². The summed E-state index contributed by atoms with van der Waals surface area (Å²) in [5.41, 5.74) is -0.279. The minimum Gasteiger partial charge on any atom is -0.258 e. The quantitative estimate of drug-likeness (QED) is 0.478. The summed E-state index contributed by atoms with van der Waals surface area (Å²) >= 11 is 5.74. The van der Waals surface area contributed by atoms with Crippen molar-refractivity contribution in [2.45, 2.75) is 4.90 Å². The molecule has 0 aliphatic heterocycles. The zero-order valence-electron chi connectivity index (χ0n) is 9.33. The highest BCUT2D eigenvalue weighted by Crippen LogP contribution is 2.27. The summed E-state index contributed by atoms with van der Waals surface area (Å²) in [5, 5.41) is 10.3. The van der Waals surface area contributed by atoms with Gasteiger partial charge in [-0.05, 0) is 6.07 Å². The number of halogens is 1. The van der Waals surface area contributed by atoms with Gasteiger partial charge in [-0.15, -0.1) is 6.42 Å². The molecule has 18 heavy (non-hydrogen) atoms. The van der Waals surface area contributed by atoms with Crippen molar-refractivity contribution < 1.29 is 13.3 Å². The van der Waals surface area contributed by atoms with Crippen molar-refractivity contribution in [2.24, 2.45) is 0 Å². The number of hydrogen-bond acceptors (Lipinski definition) is 4. The SMILES string of the molecule is C#CCN(C)S(=O)(=O)c1ccc([N+](=O)[O-])cc1Cl. The van der Waals surface area contributed by atoms with Gasteiger partial charge in [0.1, 0.15) is 4.90 Å². The van der Waals surface area contributed by atoms with Gasteiger partial charge in [0.15, 0.2) is 0 Å². The van der Waals surface area contributed by atoms with Crippen molar-refractivity contribution in [3.63, 3.8) is 0 Å². The Kier molecular flexibility index (Phi) is 4.29. The highest BCUT2D eigenvalue weighted by Gasteiger charge is 2.24. The molecule has 0 bridgehead atoms. The molecule has 0 aliphatic carbocycles. The molecule has 0 spiro atoms. The van der Waals surface area contributed by atoms with Crippen molar-refractivity contribution in [3.05, 3.63) is 33.3 Å². The van der Waals surface area contributed by atoms with Gasteiger partial charge in [0.25, 0.3) is 5.69 Å². The average molecular weight is 289 g/mol. The van der Waals surface area contributed by atoms with E-state index in [9.17, 15) is 18.5 Å². The Hall–Kier alpha value is -1.62. The molecule has 0 atom stereocenters. The van der Waals surface area contributed by atoms with Crippen LogP contribution in [-0.2, 0) is 10.0 Å². The van der Waals surface area contributed by atoms with Crippen LogP contribution in [0.25, 0.3) is 0 Å². The van der Waals surface area contributed by atoms with Crippen molar-refractivity contribution in [2.75, 3.05) is 13.6 Å². The molecule has 0 radical (unpaired) electrons. The molecule has 0 N–H and O–H groups in total. The molecule has 6 nitrogen and oxygen atoms in total. The fourth-order valence-corrected chi connectivity index (χ4v) is 2.79. The van der Waals surface area contributed by atoms with E-state index in [0.29, 0.717) is 0 Å². The molecular formula is C10H9ClN2O4S. The third kappa shape index (κ3) is 2.79. The number of nitro benzene ring substituents is 1. The first-order valence-electron chi connectivity index (χ1n) is 4.64. The number of nitro groups is 1. The van der Waals surface area contributed by atoms with E-state index in [1.54, 1.807) is 0 Å². The second-order valence-corrected chi connectivity index (χ2v) is 5.76. The molecule has 0 saturated carbocycles. The van der Waals surface area contributed by atoms with Gasteiger partial charge < -0.3 is 0 Å². The second-order valence-electron chi connectivity index (χ2n) is 3.34. The van der Waals surface area contributed by atoms with Crippen LogP contribution >= 0.6 is 11.6 Å². The van der Waals surface area contributed by atoms with Crippen LogP contribution in [0, 0.1) is 22.5 Å². The van der Waals surface area contributed by atoms with Crippen LogP contribution in [0.3, 0.4) is 0 Å². The van der Waals surface area contributed by atoms with Crippen molar-refractivity contribution >= 4 is 27.3 Å². The van der Waals surface area contributed by atoms with Gasteiger partial charge in [-0.1, -0.05) is 17.5 Å². The normalized spacial score (nSPS) is 11.2. The monoisotopic (exact) mass is 288 g/mol. The molecule has 0 aliphatic rings. The third-order valence-electron chi connectivity index (χ3n) is 2.13. The van der Waals surface area contributed by atoms with Gasteiger partial charge in [0.2, 0.25) is 10.0 Å². The Balaban J connectivity index is 3.27. The predicted octanol–water partition coefficient (Wildman–Crippen LogP) is 1.50. The largest absolute Gasteiger partial charge is 0.271 e. The van der Waals surface area contributed by atoms with E-state index >= 15 is 0 Å². The van der Waals surface area contributed by atoms with Crippen LogP contribution in [-0.4, -0.2) is 31.2 Å². The maximum absolute atomic E-state index is 12.0. The van der Waals surface area contributed by atoms with Crippen LogP contribution in [0.5, 0.6) is 0 Å². The van der Waals surface area contributed by atoms with Crippen LogP contribution in [0.2, 0.25) is 5.02 Å². The van der Waals surface area contributed by atoms with Gasteiger partial charge in [0.05, 0.1) is 16.5 Å². The van der Waals surface area contributed by atoms with E-state index in [1.807, 2.05) is 0 Å². The lowest BCUT2D eigenvalue weighted by Crippen LogP contribution is -2.27. The molecule has 0 heterocycles. The number of terminal acetylenes is 1.